The van der Waals surface area contributed by atoms with Crippen LogP contribution in [0.4, 0.5) is 0 Å². The molecular weight excluding hydrogens is 240 g/mol. The van der Waals surface area contributed by atoms with E-state index in [1.807, 2.05) is 0 Å². The molecule has 0 radical (unpaired) electrons. The summed E-state index contributed by atoms with van der Waals surface area (Å²) < 4.78 is 5.81. The average molecular weight is 270 g/mol. The highest BCUT2D eigenvalue weighted by atomic mass is 16.5. The summed E-state index contributed by atoms with van der Waals surface area (Å²) in [6.07, 6.45) is 8.41. The average Bonchev–Trinajstić information content (AvgIpc) is 2.38. The van der Waals surface area contributed by atoms with E-state index in [0.29, 0.717) is 18.6 Å². The van der Waals surface area contributed by atoms with Crippen molar-refractivity contribution in [2.24, 2.45) is 11.7 Å². The molecule has 0 aromatic carbocycles. The molecule has 1 aliphatic carbocycles. The number of amides is 1. The highest BCUT2D eigenvalue weighted by Crippen LogP contribution is 2.20. The van der Waals surface area contributed by atoms with Gasteiger partial charge in [0.05, 0.1) is 12.1 Å². The molecule has 1 aliphatic rings. The fourth-order valence-electron chi connectivity index (χ4n) is 2.51. The molecule has 0 aromatic rings. The van der Waals surface area contributed by atoms with E-state index in [2.05, 4.69) is 19.2 Å². The summed E-state index contributed by atoms with van der Waals surface area (Å²) in [6.45, 7) is 5.55. The molecule has 0 aromatic heterocycles. The van der Waals surface area contributed by atoms with E-state index in [9.17, 15) is 4.79 Å². The summed E-state index contributed by atoms with van der Waals surface area (Å²) in [5.41, 5.74) is 5.81. The van der Waals surface area contributed by atoms with E-state index < -0.39 is 0 Å². The van der Waals surface area contributed by atoms with Crippen molar-refractivity contribution < 1.29 is 9.53 Å². The minimum Gasteiger partial charge on any atom is -0.378 e. The van der Waals surface area contributed by atoms with Gasteiger partial charge >= 0.3 is 0 Å². The largest absolute Gasteiger partial charge is 0.378 e. The van der Waals surface area contributed by atoms with Gasteiger partial charge in [0, 0.05) is 13.2 Å². The SMILES string of the molecule is CC(C)CC(N)C(=O)NCCCOC1CCCCC1. The summed E-state index contributed by atoms with van der Waals surface area (Å²) in [4.78, 5) is 11.7. The summed E-state index contributed by atoms with van der Waals surface area (Å²) in [7, 11) is 0. The smallest absolute Gasteiger partial charge is 0.236 e. The number of ether oxygens (including phenoxy) is 1. The predicted octanol–water partition coefficient (Wildman–Crippen LogP) is 2.22. The molecule has 3 N–H and O–H groups in total. The molecule has 0 aliphatic heterocycles. The van der Waals surface area contributed by atoms with Crippen LogP contribution >= 0.6 is 0 Å². The second-order valence-corrected chi connectivity index (χ2v) is 6.01. The number of carbonyl (C=O) groups excluding carboxylic acids is 1. The Labute approximate surface area is 117 Å². The lowest BCUT2D eigenvalue weighted by molar-refractivity contribution is -0.122. The van der Waals surface area contributed by atoms with Crippen molar-refractivity contribution in [2.75, 3.05) is 13.2 Å². The molecule has 1 saturated carbocycles. The summed E-state index contributed by atoms with van der Waals surface area (Å²) in [5.74, 6) is 0.418. The lowest BCUT2D eigenvalue weighted by Gasteiger charge is -2.22. The fourth-order valence-corrected chi connectivity index (χ4v) is 2.51. The summed E-state index contributed by atoms with van der Waals surface area (Å²) >= 11 is 0. The zero-order chi connectivity index (χ0) is 14.1. The van der Waals surface area contributed by atoms with Gasteiger partial charge in [-0.2, -0.15) is 0 Å². The molecule has 1 rings (SSSR count). The molecule has 19 heavy (non-hydrogen) atoms. The Morgan fingerprint density at radius 3 is 2.63 bits per heavy atom. The Bertz CT molecular complexity index is 251. The molecule has 0 saturated heterocycles. The van der Waals surface area contributed by atoms with Crippen LogP contribution in [0.25, 0.3) is 0 Å². The molecular formula is C15H30N2O2. The molecule has 1 unspecified atom stereocenters. The third kappa shape index (κ3) is 7.53. The van der Waals surface area contributed by atoms with Crippen LogP contribution in [-0.2, 0) is 9.53 Å². The Morgan fingerprint density at radius 1 is 1.32 bits per heavy atom. The van der Waals surface area contributed by atoms with Crippen molar-refractivity contribution in [1.82, 2.24) is 5.32 Å². The van der Waals surface area contributed by atoms with Gasteiger partial charge in [-0.25, -0.2) is 0 Å². The normalized spacial score (nSPS) is 18.5. The van der Waals surface area contributed by atoms with Crippen molar-refractivity contribution >= 4 is 5.91 Å². The monoisotopic (exact) mass is 270 g/mol. The van der Waals surface area contributed by atoms with Crippen molar-refractivity contribution in [3.8, 4) is 0 Å². The van der Waals surface area contributed by atoms with Crippen LogP contribution in [0.15, 0.2) is 0 Å². The van der Waals surface area contributed by atoms with Crippen LogP contribution in [0.1, 0.15) is 58.8 Å². The second kappa shape index (κ2) is 9.32. The maximum Gasteiger partial charge on any atom is 0.236 e. The summed E-state index contributed by atoms with van der Waals surface area (Å²) in [5, 5.41) is 2.88. The molecule has 4 heteroatoms. The van der Waals surface area contributed by atoms with Crippen LogP contribution in [-0.4, -0.2) is 31.2 Å². The number of hydrogen-bond acceptors (Lipinski definition) is 3. The highest BCUT2D eigenvalue weighted by Gasteiger charge is 2.15. The van der Waals surface area contributed by atoms with Gasteiger partial charge in [0.25, 0.3) is 0 Å². The third-order valence-corrected chi connectivity index (χ3v) is 3.59. The lowest BCUT2D eigenvalue weighted by atomic mass is 9.98. The topological polar surface area (TPSA) is 64.4 Å². The first-order valence-electron chi connectivity index (χ1n) is 7.74. The molecule has 0 spiro atoms. The van der Waals surface area contributed by atoms with Crippen molar-refractivity contribution in [3.63, 3.8) is 0 Å². The van der Waals surface area contributed by atoms with Crippen molar-refractivity contribution in [1.29, 1.82) is 0 Å². The van der Waals surface area contributed by atoms with E-state index in [0.717, 1.165) is 19.4 Å². The van der Waals surface area contributed by atoms with Gasteiger partial charge in [-0.3, -0.25) is 4.79 Å². The Kier molecular flexibility index (Phi) is 8.07. The van der Waals surface area contributed by atoms with Crippen molar-refractivity contribution in [2.45, 2.75) is 70.9 Å². The molecule has 1 atom stereocenters. The minimum absolute atomic E-state index is 0.0358. The van der Waals surface area contributed by atoms with Gasteiger partial charge in [-0.15, -0.1) is 0 Å². The maximum absolute atomic E-state index is 11.7. The van der Waals surface area contributed by atoms with E-state index in [4.69, 9.17) is 10.5 Å². The third-order valence-electron chi connectivity index (χ3n) is 3.59. The first-order chi connectivity index (χ1) is 9.09. The number of nitrogens with one attached hydrogen (secondary N) is 1. The van der Waals surface area contributed by atoms with E-state index >= 15 is 0 Å². The summed E-state index contributed by atoms with van der Waals surface area (Å²) in [6, 6.07) is -0.376. The number of carbonyl (C=O) groups is 1. The Hall–Kier alpha value is -0.610. The lowest BCUT2D eigenvalue weighted by Crippen LogP contribution is -2.41. The highest BCUT2D eigenvalue weighted by molar-refractivity contribution is 5.81. The van der Waals surface area contributed by atoms with Crippen LogP contribution in [0.3, 0.4) is 0 Å². The number of nitrogens with two attached hydrogens (primary N) is 1. The van der Waals surface area contributed by atoms with Gasteiger partial charge in [0.15, 0.2) is 0 Å². The van der Waals surface area contributed by atoms with Crippen LogP contribution in [0, 0.1) is 5.92 Å². The molecule has 0 bridgehead atoms. The van der Waals surface area contributed by atoms with Crippen LogP contribution in [0.2, 0.25) is 0 Å². The van der Waals surface area contributed by atoms with Gasteiger partial charge < -0.3 is 15.8 Å². The van der Waals surface area contributed by atoms with Crippen LogP contribution < -0.4 is 11.1 Å². The van der Waals surface area contributed by atoms with Gasteiger partial charge in [0.2, 0.25) is 5.91 Å². The van der Waals surface area contributed by atoms with Gasteiger partial charge in [-0.1, -0.05) is 33.1 Å². The Morgan fingerprint density at radius 2 is 2.00 bits per heavy atom. The van der Waals surface area contributed by atoms with Gasteiger partial charge in [-0.05, 0) is 31.6 Å². The van der Waals surface area contributed by atoms with E-state index in [-0.39, 0.29) is 11.9 Å². The molecule has 112 valence electrons. The minimum atomic E-state index is -0.376. The number of hydrogen-bond donors (Lipinski definition) is 2. The molecule has 4 nitrogen and oxygen atoms in total. The van der Waals surface area contributed by atoms with Crippen molar-refractivity contribution in [3.05, 3.63) is 0 Å². The Balaban J connectivity index is 1.99. The zero-order valence-electron chi connectivity index (χ0n) is 12.5. The quantitative estimate of drug-likeness (QED) is 0.665. The zero-order valence-corrected chi connectivity index (χ0v) is 12.5. The fraction of sp³-hybridized carbons (Fsp3) is 0.933. The van der Waals surface area contributed by atoms with E-state index in [1.54, 1.807) is 0 Å². The predicted molar refractivity (Wildman–Crippen MR) is 77.9 cm³/mol. The maximum atomic E-state index is 11.7. The van der Waals surface area contributed by atoms with Crippen LogP contribution in [0.5, 0.6) is 0 Å². The number of rotatable bonds is 8. The second-order valence-electron chi connectivity index (χ2n) is 6.01. The molecule has 0 heterocycles. The van der Waals surface area contributed by atoms with E-state index in [1.165, 1.54) is 32.1 Å². The standard InChI is InChI=1S/C15H30N2O2/c1-12(2)11-14(16)15(18)17-9-6-10-19-13-7-4-3-5-8-13/h12-14H,3-11,16H2,1-2H3,(H,17,18). The molecule has 1 amide bonds. The first kappa shape index (κ1) is 16.4. The van der Waals surface area contributed by atoms with Gasteiger partial charge in [0.1, 0.15) is 0 Å². The first-order valence-corrected chi connectivity index (χ1v) is 7.74. The molecule has 1 fully saturated rings.